The highest BCUT2D eigenvalue weighted by atomic mass is 32.2. The minimum Gasteiger partial charge on any atom is -0.493 e. The number of nitrogens with one attached hydrogen (secondary N) is 1. The van der Waals surface area contributed by atoms with Crippen molar-refractivity contribution < 1.29 is 19.0 Å². The van der Waals surface area contributed by atoms with E-state index in [1.54, 1.807) is 50.9 Å². The zero-order valence-electron chi connectivity index (χ0n) is 19.5. The van der Waals surface area contributed by atoms with Gasteiger partial charge in [-0.2, -0.15) is 11.8 Å². The Kier molecular flexibility index (Phi) is 7.74. The lowest BCUT2D eigenvalue weighted by molar-refractivity contribution is 0.0940. The maximum absolute atomic E-state index is 12.8. The minimum atomic E-state index is -0.215. The van der Waals surface area contributed by atoms with Gasteiger partial charge in [0.1, 0.15) is 5.75 Å². The molecule has 1 aliphatic rings. The Labute approximate surface area is 203 Å². The molecule has 1 saturated heterocycles. The Morgan fingerprint density at radius 3 is 2.41 bits per heavy atom. The number of ether oxygens (including phenoxy) is 3. The smallest absolute Gasteiger partial charge is 0.263 e. The number of methoxy groups -OCH3 is 2. The van der Waals surface area contributed by atoms with Crippen molar-refractivity contribution in [2.75, 3.05) is 43.7 Å². The van der Waals surface area contributed by atoms with Gasteiger partial charge in [-0.3, -0.25) is 4.79 Å². The largest absolute Gasteiger partial charge is 0.493 e. The second kappa shape index (κ2) is 11.1. The van der Waals surface area contributed by atoms with E-state index >= 15 is 0 Å². The van der Waals surface area contributed by atoms with Gasteiger partial charge in [-0.05, 0) is 48.9 Å². The molecule has 4 rings (SSSR count). The number of aromatic nitrogens is 2. The van der Waals surface area contributed by atoms with Gasteiger partial charge in [0.15, 0.2) is 17.3 Å². The summed E-state index contributed by atoms with van der Waals surface area (Å²) >= 11 is 1.93. The highest BCUT2D eigenvalue weighted by molar-refractivity contribution is 7.99. The van der Waals surface area contributed by atoms with Crippen LogP contribution in [-0.4, -0.2) is 54.7 Å². The van der Waals surface area contributed by atoms with Crippen molar-refractivity contribution in [3.8, 4) is 23.1 Å². The van der Waals surface area contributed by atoms with Crippen LogP contribution in [0.4, 0.5) is 5.82 Å². The van der Waals surface area contributed by atoms with E-state index in [0.29, 0.717) is 28.7 Å². The van der Waals surface area contributed by atoms with Gasteiger partial charge in [0.2, 0.25) is 0 Å². The summed E-state index contributed by atoms with van der Waals surface area (Å²) < 4.78 is 16.7. The lowest BCUT2D eigenvalue weighted by Gasteiger charge is -2.28. The quantitative estimate of drug-likeness (QED) is 0.510. The van der Waals surface area contributed by atoms with E-state index in [1.807, 2.05) is 36.9 Å². The van der Waals surface area contributed by atoms with Gasteiger partial charge in [-0.25, -0.2) is 9.97 Å². The van der Waals surface area contributed by atoms with Crippen LogP contribution in [0.15, 0.2) is 54.9 Å². The maximum Gasteiger partial charge on any atom is 0.263 e. The molecule has 1 aromatic heterocycles. The minimum absolute atomic E-state index is 0.181. The van der Waals surface area contributed by atoms with Crippen LogP contribution in [0.1, 0.15) is 28.9 Å². The molecular weight excluding hydrogens is 452 g/mol. The van der Waals surface area contributed by atoms with Gasteiger partial charge >= 0.3 is 0 Å². The van der Waals surface area contributed by atoms with Crippen molar-refractivity contribution in [3.63, 3.8) is 0 Å². The number of nitrogens with zero attached hydrogens (tertiary/aromatic N) is 3. The molecule has 1 N–H and O–H groups in total. The van der Waals surface area contributed by atoms with E-state index in [1.165, 1.54) is 0 Å². The van der Waals surface area contributed by atoms with Crippen LogP contribution in [0.25, 0.3) is 0 Å². The molecule has 8 nitrogen and oxygen atoms in total. The molecule has 178 valence electrons. The normalized spacial score (nSPS) is 14.3. The average molecular weight is 481 g/mol. The van der Waals surface area contributed by atoms with Crippen LogP contribution >= 0.6 is 11.8 Å². The second-order valence-corrected chi connectivity index (χ2v) is 8.95. The molecule has 0 radical (unpaired) electrons. The Hall–Kier alpha value is -3.46. The Bertz CT molecular complexity index is 1120. The third-order valence-electron chi connectivity index (χ3n) is 5.54. The average Bonchev–Trinajstić information content (AvgIpc) is 2.89. The van der Waals surface area contributed by atoms with Crippen molar-refractivity contribution in [1.29, 1.82) is 0 Å². The van der Waals surface area contributed by atoms with Crippen LogP contribution in [0, 0.1) is 0 Å². The number of anilines is 1. The number of hydrogen-bond donors (Lipinski definition) is 1. The number of hydrogen-bond acceptors (Lipinski definition) is 8. The highest BCUT2D eigenvalue weighted by Gasteiger charge is 2.19. The van der Waals surface area contributed by atoms with E-state index in [9.17, 15) is 4.79 Å². The maximum atomic E-state index is 12.8. The zero-order valence-corrected chi connectivity index (χ0v) is 20.3. The predicted molar refractivity (Wildman–Crippen MR) is 134 cm³/mol. The number of amides is 1. The van der Waals surface area contributed by atoms with Gasteiger partial charge < -0.3 is 24.4 Å². The van der Waals surface area contributed by atoms with Crippen LogP contribution in [-0.2, 0) is 0 Å². The summed E-state index contributed by atoms with van der Waals surface area (Å²) in [6, 6.07) is 12.4. The molecule has 0 aliphatic carbocycles. The molecule has 1 aliphatic heterocycles. The molecule has 34 heavy (non-hydrogen) atoms. The van der Waals surface area contributed by atoms with Crippen LogP contribution in [0.3, 0.4) is 0 Å². The second-order valence-electron chi connectivity index (χ2n) is 7.72. The van der Waals surface area contributed by atoms with Crippen molar-refractivity contribution in [2.45, 2.75) is 13.0 Å². The van der Waals surface area contributed by atoms with Gasteiger partial charge in [-0.1, -0.05) is 6.07 Å². The lowest BCUT2D eigenvalue weighted by atomic mass is 10.1. The fraction of sp³-hybridized carbons (Fsp3) is 0.320. The molecule has 0 unspecified atom stereocenters. The van der Waals surface area contributed by atoms with Crippen molar-refractivity contribution in [2.24, 2.45) is 0 Å². The Balaban J connectivity index is 1.41. The molecule has 0 spiro atoms. The molecule has 0 saturated carbocycles. The molecule has 3 aromatic rings. The summed E-state index contributed by atoms with van der Waals surface area (Å²) in [5.74, 6) is 5.00. The zero-order chi connectivity index (χ0) is 23.9. The first-order chi connectivity index (χ1) is 16.6. The number of rotatable bonds is 8. The number of benzene rings is 2. The number of thioether (sulfide) groups is 1. The summed E-state index contributed by atoms with van der Waals surface area (Å²) in [6.07, 6.45) is 3.30. The summed E-state index contributed by atoms with van der Waals surface area (Å²) in [4.78, 5) is 23.8. The molecule has 0 bridgehead atoms. The molecule has 1 atom stereocenters. The van der Waals surface area contributed by atoms with Crippen molar-refractivity contribution in [1.82, 2.24) is 15.3 Å². The van der Waals surface area contributed by atoms with Crippen LogP contribution in [0.5, 0.6) is 23.1 Å². The molecule has 1 amide bonds. The highest BCUT2D eigenvalue weighted by Crippen LogP contribution is 2.31. The topological polar surface area (TPSA) is 85.8 Å². The van der Waals surface area contributed by atoms with E-state index in [0.717, 1.165) is 36.0 Å². The predicted octanol–water partition coefficient (Wildman–Crippen LogP) is 4.33. The third kappa shape index (κ3) is 5.53. The van der Waals surface area contributed by atoms with Crippen molar-refractivity contribution in [3.05, 3.63) is 66.0 Å². The standard InChI is InChI=1S/C25H28N4O4S/c1-17(19-6-9-21(31-2)22(16-19)32-3)28-24(30)18-4-7-20(8-5-18)33-25-23(26-10-11-27-25)29-12-14-34-15-13-29/h4-11,16-17H,12-15H2,1-3H3,(H,28,30)/t17-/m1/s1. The first-order valence-electron chi connectivity index (χ1n) is 11.0. The van der Waals surface area contributed by atoms with Gasteiger partial charge in [-0.15, -0.1) is 0 Å². The molecule has 2 aromatic carbocycles. The fourth-order valence-corrected chi connectivity index (χ4v) is 4.56. The fourth-order valence-electron chi connectivity index (χ4n) is 3.65. The summed E-state index contributed by atoms with van der Waals surface area (Å²) in [7, 11) is 3.18. The van der Waals surface area contributed by atoms with E-state index < -0.39 is 0 Å². The summed E-state index contributed by atoms with van der Waals surface area (Å²) in [5, 5.41) is 3.02. The van der Waals surface area contributed by atoms with Gasteiger partial charge in [0, 0.05) is 42.6 Å². The van der Waals surface area contributed by atoms with Crippen LogP contribution < -0.4 is 24.4 Å². The van der Waals surface area contributed by atoms with Gasteiger partial charge in [0.05, 0.1) is 20.3 Å². The summed E-state index contributed by atoms with van der Waals surface area (Å²) in [5.41, 5.74) is 1.45. The lowest BCUT2D eigenvalue weighted by Crippen LogP contribution is -2.33. The van der Waals surface area contributed by atoms with E-state index in [-0.39, 0.29) is 11.9 Å². The first kappa shape index (κ1) is 23.7. The number of carbonyl (C=O) groups excluding carboxylic acids is 1. The number of carbonyl (C=O) groups is 1. The Morgan fingerprint density at radius 2 is 1.71 bits per heavy atom. The Morgan fingerprint density at radius 1 is 1.00 bits per heavy atom. The summed E-state index contributed by atoms with van der Waals surface area (Å²) in [6.45, 7) is 3.75. The molecular formula is C25H28N4O4S. The SMILES string of the molecule is COc1ccc([C@@H](C)NC(=O)c2ccc(Oc3nccnc3N3CCSCC3)cc2)cc1OC. The monoisotopic (exact) mass is 480 g/mol. The van der Waals surface area contributed by atoms with E-state index in [4.69, 9.17) is 14.2 Å². The molecule has 2 heterocycles. The van der Waals surface area contributed by atoms with Crippen LogP contribution in [0.2, 0.25) is 0 Å². The molecule has 9 heteroatoms. The van der Waals surface area contributed by atoms with Crippen molar-refractivity contribution >= 4 is 23.5 Å². The molecule has 1 fully saturated rings. The van der Waals surface area contributed by atoms with E-state index in [2.05, 4.69) is 20.2 Å². The first-order valence-corrected chi connectivity index (χ1v) is 12.2. The van der Waals surface area contributed by atoms with Gasteiger partial charge in [0.25, 0.3) is 11.8 Å². The third-order valence-corrected chi connectivity index (χ3v) is 6.49.